The highest BCUT2D eigenvalue weighted by atomic mass is 32.2. The normalized spacial score (nSPS) is 16.7. The summed E-state index contributed by atoms with van der Waals surface area (Å²) in [7, 11) is -2.42. The minimum absolute atomic E-state index is 0.265. The molecule has 0 radical (unpaired) electrons. The van der Waals surface area contributed by atoms with Gasteiger partial charge in [0.1, 0.15) is 0 Å². The van der Waals surface area contributed by atoms with Gasteiger partial charge in [0.25, 0.3) is 0 Å². The Morgan fingerprint density at radius 1 is 1.62 bits per heavy atom. The van der Waals surface area contributed by atoms with Gasteiger partial charge in [-0.15, -0.1) is 0 Å². The van der Waals surface area contributed by atoms with Crippen molar-refractivity contribution in [3.8, 4) is 0 Å². The fraction of sp³-hybridized carbons (Fsp3) is 0.667. The Balaban J connectivity index is 2.41. The largest absolute Gasteiger partial charge is 0.468 e. The van der Waals surface area contributed by atoms with Crippen LogP contribution in [0, 0.1) is 0 Å². The van der Waals surface area contributed by atoms with E-state index in [1.54, 1.807) is 0 Å². The molecule has 1 aliphatic heterocycles. The van der Waals surface area contributed by atoms with Crippen molar-refractivity contribution in [2.75, 3.05) is 32.5 Å². The summed E-state index contributed by atoms with van der Waals surface area (Å²) in [4.78, 5) is 10.8. The number of carbonyl (C=O) groups excluding carboxylic acids is 1. The van der Waals surface area contributed by atoms with Crippen molar-refractivity contribution in [2.45, 2.75) is 6.42 Å². The predicted molar refractivity (Wildman–Crippen MR) is 59.4 cm³/mol. The molecular formula is C9H16N2O4S. The Morgan fingerprint density at radius 3 is 2.94 bits per heavy atom. The van der Waals surface area contributed by atoms with Gasteiger partial charge in [0.05, 0.1) is 7.11 Å². The fourth-order valence-electron chi connectivity index (χ4n) is 1.30. The molecule has 92 valence electrons. The van der Waals surface area contributed by atoms with Crippen molar-refractivity contribution in [2.24, 2.45) is 0 Å². The third-order valence-corrected chi connectivity index (χ3v) is 3.41. The first-order chi connectivity index (χ1) is 7.53. The maximum absolute atomic E-state index is 11.4. The first-order valence-corrected chi connectivity index (χ1v) is 6.61. The number of carbonyl (C=O) groups is 1. The molecule has 1 heterocycles. The average molecular weight is 248 g/mol. The van der Waals surface area contributed by atoms with E-state index in [4.69, 9.17) is 0 Å². The van der Waals surface area contributed by atoms with Gasteiger partial charge >= 0.3 is 5.97 Å². The smallest absolute Gasteiger partial charge is 0.322 e. The first-order valence-electron chi connectivity index (χ1n) is 4.96. The summed E-state index contributed by atoms with van der Waals surface area (Å²) in [6.07, 6.45) is 2.77. The van der Waals surface area contributed by atoms with E-state index in [9.17, 15) is 13.2 Å². The molecule has 0 saturated heterocycles. The third-order valence-electron chi connectivity index (χ3n) is 2.21. The van der Waals surface area contributed by atoms with Crippen molar-refractivity contribution in [1.29, 1.82) is 0 Å². The van der Waals surface area contributed by atoms with Gasteiger partial charge < -0.3 is 10.1 Å². The molecule has 0 aromatic heterocycles. The SMILES string of the molecule is COC(=O)CS(=O)(=O)NCC1=CCNCC1. The predicted octanol–water partition coefficient (Wildman–Crippen LogP) is -1.00. The molecule has 0 aliphatic carbocycles. The quantitative estimate of drug-likeness (QED) is 0.481. The monoisotopic (exact) mass is 248 g/mol. The second kappa shape index (κ2) is 5.97. The van der Waals surface area contributed by atoms with Crippen LogP contribution in [0.2, 0.25) is 0 Å². The van der Waals surface area contributed by atoms with Crippen LogP contribution in [0.1, 0.15) is 6.42 Å². The minimum atomic E-state index is -3.58. The lowest BCUT2D eigenvalue weighted by Gasteiger charge is -2.14. The highest BCUT2D eigenvalue weighted by Gasteiger charge is 2.17. The number of hydrogen-bond donors (Lipinski definition) is 2. The highest BCUT2D eigenvalue weighted by Crippen LogP contribution is 2.03. The number of sulfonamides is 1. The van der Waals surface area contributed by atoms with Crippen LogP contribution in [-0.2, 0) is 19.6 Å². The van der Waals surface area contributed by atoms with Gasteiger partial charge in [-0.05, 0) is 13.0 Å². The van der Waals surface area contributed by atoms with Gasteiger partial charge in [0.15, 0.2) is 5.75 Å². The molecular weight excluding hydrogens is 232 g/mol. The lowest BCUT2D eigenvalue weighted by Crippen LogP contribution is -2.33. The van der Waals surface area contributed by atoms with E-state index in [2.05, 4.69) is 14.8 Å². The topological polar surface area (TPSA) is 84.5 Å². The van der Waals surface area contributed by atoms with Gasteiger partial charge in [-0.25, -0.2) is 13.1 Å². The maximum Gasteiger partial charge on any atom is 0.322 e. The van der Waals surface area contributed by atoms with Crippen LogP contribution in [0.5, 0.6) is 0 Å². The molecule has 0 aromatic carbocycles. The molecule has 0 saturated carbocycles. The third kappa shape index (κ3) is 4.73. The molecule has 0 unspecified atom stereocenters. The standard InChI is InChI=1S/C9H16N2O4S/c1-15-9(12)7-16(13,14)11-6-8-2-4-10-5-3-8/h2,10-11H,3-7H2,1H3. The molecule has 0 fully saturated rings. The van der Waals surface area contributed by atoms with Gasteiger partial charge in [-0.2, -0.15) is 0 Å². The molecule has 7 heteroatoms. The zero-order valence-electron chi connectivity index (χ0n) is 9.15. The zero-order chi connectivity index (χ0) is 12.0. The fourth-order valence-corrected chi connectivity index (χ4v) is 2.23. The van der Waals surface area contributed by atoms with Crippen LogP contribution in [0.3, 0.4) is 0 Å². The molecule has 0 spiro atoms. The Morgan fingerprint density at radius 2 is 2.38 bits per heavy atom. The van der Waals surface area contributed by atoms with Crippen LogP contribution in [0.15, 0.2) is 11.6 Å². The molecule has 0 aromatic rings. The molecule has 2 N–H and O–H groups in total. The van der Waals surface area contributed by atoms with E-state index >= 15 is 0 Å². The minimum Gasteiger partial charge on any atom is -0.468 e. The van der Waals surface area contributed by atoms with E-state index in [1.807, 2.05) is 6.08 Å². The van der Waals surface area contributed by atoms with Gasteiger partial charge in [0.2, 0.25) is 10.0 Å². The zero-order valence-corrected chi connectivity index (χ0v) is 9.97. The lowest BCUT2D eigenvalue weighted by molar-refractivity contribution is -0.137. The number of rotatable bonds is 5. The second-order valence-corrected chi connectivity index (χ2v) is 5.28. The van der Waals surface area contributed by atoms with Gasteiger partial charge in [-0.1, -0.05) is 11.6 Å². The van der Waals surface area contributed by atoms with Crippen LogP contribution in [-0.4, -0.2) is 46.9 Å². The number of ether oxygens (including phenoxy) is 1. The van der Waals surface area contributed by atoms with Crippen molar-refractivity contribution >= 4 is 16.0 Å². The Kier molecular flexibility index (Phi) is 4.91. The first kappa shape index (κ1) is 13.1. The summed E-state index contributed by atoms with van der Waals surface area (Å²) in [6.45, 7) is 1.87. The Hall–Kier alpha value is -0.920. The molecule has 0 atom stereocenters. The molecule has 1 rings (SSSR count). The summed E-state index contributed by atoms with van der Waals surface area (Å²) >= 11 is 0. The second-order valence-electron chi connectivity index (χ2n) is 3.47. The maximum atomic E-state index is 11.4. The molecule has 1 aliphatic rings. The summed E-state index contributed by atoms with van der Waals surface area (Å²) < 4.78 is 29.4. The van der Waals surface area contributed by atoms with Crippen molar-refractivity contribution in [3.63, 3.8) is 0 Å². The van der Waals surface area contributed by atoms with E-state index in [-0.39, 0.29) is 6.54 Å². The Bertz CT molecular complexity index is 375. The highest BCUT2D eigenvalue weighted by molar-refractivity contribution is 7.90. The number of methoxy groups -OCH3 is 1. The average Bonchev–Trinajstić information content (AvgIpc) is 2.27. The van der Waals surface area contributed by atoms with Crippen LogP contribution >= 0.6 is 0 Å². The van der Waals surface area contributed by atoms with Crippen LogP contribution < -0.4 is 10.0 Å². The Labute approximate surface area is 95.1 Å². The number of esters is 1. The van der Waals surface area contributed by atoms with E-state index < -0.39 is 21.7 Å². The van der Waals surface area contributed by atoms with Gasteiger partial charge in [-0.3, -0.25) is 4.79 Å². The molecule has 16 heavy (non-hydrogen) atoms. The van der Waals surface area contributed by atoms with E-state index in [1.165, 1.54) is 0 Å². The molecule has 0 amide bonds. The molecule has 6 nitrogen and oxygen atoms in total. The molecule has 0 bridgehead atoms. The summed E-state index contributed by atoms with van der Waals surface area (Å²) in [5.74, 6) is -1.39. The van der Waals surface area contributed by atoms with Crippen molar-refractivity contribution < 1.29 is 17.9 Å². The lowest BCUT2D eigenvalue weighted by atomic mass is 10.1. The van der Waals surface area contributed by atoms with Crippen molar-refractivity contribution in [3.05, 3.63) is 11.6 Å². The summed E-state index contributed by atoms with van der Waals surface area (Å²) in [6, 6.07) is 0. The number of hydrogen-bond acceptors (Lipinski definition) is 5. The van der Waals surface area contributed by atoms with Crippen LogP contribution in [0.4, 0.5) is 0 Å². The van der Waals surface area contributed by atoms with E-state index in [0.717, 1.165) is 32.2 Å². The van der Waals surface area contributed by atoms with Crippen molar-refractivity contribution in [1.82, 2.24) is 10.0 Å². The van der Waals surface area contributed by atoms with Gasteiger partial charge in [0, 0.05) is 13.1 Å². The number of nitrogens with one attached hydrogen (secondary N) is 2. The summed E-state index contributed by atoms with van der Waals surface area (Å²) in [5, 5.41) is 3.13. The van der Waals surface area contributed by atoms with Crippen LogP contribution in [0.25, 0.3) is 0 Å². The van der Waals surface area contributed by atoms with E-state index in [0.29, 0.717) is 0 Å². The summed E-state index contributed by atoms with van der Waals surface area (Å²) in [5.41, 5.74) is 1.03.